The summed E-state index contributed by atoms with van der Waals surface area (Å²) in [6, 6.07) is 28.3. The van der Waals surface area contributed by atoms with Crippen molar-refractivity contribution in [1.82, 2.24) is 5.32 Å². The van der Waals surface area contributed by atoms with E-state index in [9.17, 15) is 4.79 Å². The van der Waals surface area contributed by atoms with Crippen molar-refractivity contribution >= 4 is 17.5 Å². The van der Waals surface area contributed by atoms with Gasteiger partial charge in [0.1, 0.15) is 0 Å². The van der Waals surface area contributed by atoms with Gasteiger partial charge in [-0.2, -0.15) is 0 Å². The summed E-state index contributed by atoms with van der Waals surface area (Å²) < 4.78 is 5.58. The Balaban J connectivity index is 1.60. The second kappa shape index (κ2) is 9.46. The van der Waals surface area contributed by atoms with Crippen LogP contribution in [0.1, 0.15) is 35.4 Å². The molecule has 1 fully saturated rings. The second-order valence-electron chi connectivity index (χ2n) is 7.79. The van der Waals surface area contributed by atoms with E-state index in [-0.39, 0.29) is 11.8 Å². The standard InChI is InChI=1S/C26H26ClNO2/c27-23-13-7-12-22(18-23)26(14-16-30-17-15-26)25(29)28-19-24(20-8-3-1-4-9-20)21-10-5-2-6-11-21/h1-13,18,24H,14-17,19H2,(H,28,29). The maximum Gasteiger partial charge on any atom is 0.230 e. The van der Waals surface area contributed by atoms with Crippen molar-refractivity contribution in [3.63, 3.8) is 0 Å². The number of hydrogen-bond acceptors (Lipinski definition) is 2. The van der Waals surface area contributed by atoms with Crippen LogP contribution < -0.4 is 5.32 Å². The number of ether oxygens (including phenoxy) is 1. The average Bonchev–Trinajstić information content (AvgIpc) is 2.81. The SMILES string of the molecule is O=C(NCC(c1ccccc1)c1ccccc1)C1(c2cccc(Cl)c2)CCOCC1. The minimum absolute atomic E-state index is 0.0462. The number of benzene rings is 3. The molecule has 3 aromatic rings. The molecule has 1 amide bonds. The molecule has 1 N–H and O–H groups in total. The maximum atomic E-state index is 13.6. The summed E-state index contributed by atoms with van der Waals surface area (Å²) in [4.78, 5) is 13.6. The zero-order valence-corrected chi connectivity index (χ0v) is 17.6. The fourth-order valence-corrected chi connectivity index (χ4v) is 4.51. The predicted molar refractivity (Wildman–Crippen MR) is 121 cm³/mol. The number of rotatable bonds is 6. The van der Waals surface area contributed by atoms with Gasteiger partial charge in [0.15, 0.2) is 0 Å². The van der Waals surface area contributed by atoms with Crippen LogP contribution in [0.5, 0.6) is 0 Å². The molecule has 1 heterocycles. The molecule has 0 bridgehead atoms. The minimum atomic E-state index is -0.610. The Morgan fingerprint density at radius 2 is 1.50 bits per heavy atom. The van der Waals surface area contributed by atoms with Crippen LogP contribution in [-0.4, -0.2) is 25.7 Å². The summed E-state index contributed by atoms with van der Waals surface area (Å²) in [5.74, 6) is 0.137. The molecule has 0 spiro atoms. The molecule has 0 aromatic heterocycles. The van der Waals surface area contributed by atoms with E-state index in [0.717, 1.165) is 5.56 Å². The van der Waals surface area contributed by atoms with Crippen molar-refractivity contribution in [1.29, 1.82) is 0 Å². The Morgan fingerprint density at radius 1 is 0.900 bits per heavy atom. The van der Waals surface area contributed by atoms with Crippen LogP contribution in [0.15, 0.2) is 84.9 Å². The van der Waals surface area contributed by atoms with Gasteiger partial charge in [-0.15, -0.1) is 0 Å². The van der Waals surface area contributed by atoms with Crippen molar-refractivity contribution in [2.45, 2.75) is 24.2 Å². The Labute approximate surface area is 183 Å². The molecular weight excluding hydrogens is 394 g/mol. The van der Waals surface area contributed by atoms with Gasteiger partial charge >= 0.3 is 0 Å². The summed E-state index contributed by atoms with van der Waals surface area (Å²) in [6.07, 6.45) is 1.31. The molecule has 3 aromatic carbocycles. The van der Waals surface area contributed by atoms with Crippen LogP contribution in [-0.2, 0) is 14.9 Å². The number of nitrogens with one attached hydrogen (secondary N) is 1. The van der Waals surface area contributed by atoms with Crippen molar-refractivity contribution in [2.75, 3.05) is 19.8 Å². The molecule has 1 saturated heterocycles. The van der Waals surface area contributed by atoms with Crippen LogP contribution in [0.25, 0.3) is 0 Å². The van der Waals surface area contributed by atoms with Crippen molar-refractivity contribution in [3.8, 4) is 0 Å². The molecule has 0 unspecified atom stereocenters. The first-order valence-electron chi connectivity index (χ1n) is 10.4. The lowest BCUT2D eigenvalue weighted by atomic mass is 9.73. The maximum absolute atomic E-state index is 13.6. The zero-order valence-electron chi connectivity index (χ0n) is 16.9. The number of carbonyl (C=O) groups is 1. The highest BCUT2D eigenvalue weighted by Crippen LogP contribution is 2.36. The Bertz CT molecular complexity index is 929. The van der Waals surface area contributed by atoms with Gasteiger partial charge in [-0.05, 0) is 41.7 Å². The summed E-state index contributed by atoms with van der Waals surface area (Å²) in [5, 5.41) is 3.92. The molecule has 154 valence electrons. The van der Waals surface area contributed by atoms with Crippen LogP contribution >= 0.6 is 11.6 Å². The van der Waals surface area contributed by atoms with Gasteiger partial charge in [0.2, 0.25) is 5.91 Å². The van der Waals surface area contributed by atoms with Crippen LogP contribution in [0.4, 0.5) is 0 Å². The van der Waals surface area contributed by atoms with Crippen molar-refractivity contribution < 1.29 is 9.53 Å². The van der Waals surface area contributed by atoms with E-state index in [1.165, 1.54) is 11.1 Å². The van der Waals surface area contributed by atoms with E-state index < -0.39 is 5.41 Å². The molecule has 0 saturated carbocycles. The molecule has 0 atom stereocenters. The normalized spacial score (nSPS) is 15.7. The minimum Gasteiger partial charge on any atom is -0.381 e. The van der Waals surface area contributed by atoms with Crippen molar-refractivity contribution in [2.24, 2.45) is 0 Å². The predicted octanol–water partition coefficient (Wildman–Crippen LogP) is 5.34. The van der Waals surface area contributed by atoms with Gasteiger partial charge in [0.05, 0.1) is 5.41 Å². The summed E-state index contributed by atoms with van der Waals surface area (Å²) >= 11 is 6.26. The molecule has 0 aliphatic carbocycles. The highest BCUT2D eigenvalue weighted by atomic mass is 35.5. The zero-order chi connectivity index (χ0) is 20.8. The molecular formula is C26H26ClNO2. The van der Waals surface area contributed by atoms with Crippen LogP contribution in [0.3, 0.4) is 0 Å². The molecule has 0 radical (unpaired) electrons. The largest absolute Gasteiger partial charge is 0.381 e. The molecule has 30 heavy (non-hydrogen) atoms. The van der Waals surface area contributed by atoms with E-state index in [4.69, 9.17) is 16.3 Å². The summed E-state index contributed by atoms with van der Waals surface area (Å²) in [6.45, 7) is 1.68. The van der Waals surface area contributed by atoms with Gasteiger partial charge in [0, 0.05) is 30.7 Å². The highest BCUT2D eigenvalue weighted by Gasteiger charge is 2.41. The van der Waals surface area contributed by atoms with Crippen molar-refractivity contribution in [3.05, 3.63) is 107 Å². The van der Waals surface area contributed by atoms with Crippen LogP contribution in [0, 0.1) is 0 Å². The highest BCUT2D eigenvalue weighted by molar-refractivity contribution is 6.30. The van der Waals surface area contributed by atoms with E-state index in [0.29, 0.717) is 37.6 Å². The first-order chi connectivity index (χ1) is 14.7. The topological polar surface area (TPSA) is 38.3 Å². The lowest BCUT2D eigenvalue weighted by Crippen LogP contribution is -2.49. The third-order valence-electron chi connectivity index (χ3n) is 6.03. The van der Waals surface area contributed by atoms with E-state index in [2.05, 4.69) is 29.6 Å². The van der Waals surface area contributed by atoms with Crippen LogP contribution in [0.2, 0.25) is 5.02 Å². The van der Waals surface area contributed by atoms with Gasteiger partial charge in [-0.1, -0.05) is 84.4 Å². The fourth-order valence-electron chi connectivity index (χ4n) is 4.32. The quantitative estimate of drug-likeness (QED) is 0.585. The Hall–Kier alpha value is -2.62. The van der Waals surface area contributed by atoms with Gasteiger partial charge < -0.3 is 10.1 Å². The number of carbonyl (C=O) groups excluding carboxylic acids is 1. The average molecular weight is 420 g/mol. The van der Waals surface area contributed by atoms with E-state index in [1.807, 2.05) is 60.7 Å². The summed E-state index contributed by atoms with van der Waals surface area (Å²) in [5.41, 5.74) is 2.73. The molecule has 1 aliphatic rings. The first-order valence-corrected chi connectivity index (χ1v) is 10.8. The molecule has 1 aliphatic heterocycles. The fraction of sp³-hybridized carbons (Fsp3) is 0.269. The van der Waals surface area contributed by atoms with E-state index >= 15 is 0 Å². The van der Waals surface area contributed by atoms with Gasteiger partial charge in [-0.3, -0.25) is 4.79 Å². The Kier molecular flexibility index (Phi) is 6.51. The molecule has 3 nitrogen and oxygen atoms in total. The first kappa shape index (κ1) is 20.6. The third-order valence-corrected chi connectivity index (χ3v) is 6.26. The number of halogens is 1. The lowest BCUT2D eigenvalue weighted by molar-refractivity contribution is -0.130. The Morgan fingerprint density at radius 3 is 2.07 bits per heavy atom. The number of amides is 1. The number of hydrogen-bond donors (Lipinski definition) is 1. The third kappa shape index (κ3) is 4.43. The monoisotopic (exact) mass is 419 g/mol. The summed E-state index contributed by atoms with van der Waals surface area (Å²) in [7, 11) is 0. The van der Waals surface area contributed by atoms with Gasteiger partial charge in [-0.25, -0.2) is 0 Å². The lowest BCUT2D eigenvalue weighted by Gasteiger charge is -2.37. The smallest absolute Gasteiger partial charge is 0.230 e. The second-order valence-corrected chi connectivity index (χ2v) is 8.23. The van der Waals surface area contributed by atoms with E-state index in [1.54, 1.807) is 0 Å². The molecule has 4 rings (SSSR count). The van der Waals surface area contributed by atoms with Gasteiger partial charge in [0.25, 0.3) is 0 Å². The molecule has 4 heteroatoms.